The molecule has 0 bridgehead atoms. The largest absolute Gasteiger partial charge is 0.458 e. The van der Waals surface area contributed by atoms with Crippen molar-refractivity contribution in [1.29, 1.82) is 0 Å². The fraction of sp³-hybridized carbons (Fsp3) is 0.588. The number of rotatable bonds is 4. The van der Waals surface area contributed by atoms with E-state index >= 15 is 0 Å². The zero-order valence-electron chi connectivity index (χ0n) is 13.0. The lowest BCUT2D eigenvalue weighted by molar-refractivity contribution is 0.00813. The molecule has 1 aliphatic rings. The molecule has 0 saturated carbocycles. The molecule has 0 N–H and O–H groups in total. The molecule has 4 heteroatoms. The summed E-state index contributed by atoms with van der Waals surface area (Å²) in [4.78, 5) is 14.6. The van der Waals surface area contributed by atoms with Crippen LogP contribution in [-0.4, -0.2) is 35.6 Å². The fourth-order valence-electron chi connectivity index (χ4n) is 3.04. The van der Waals surface area contributed by atoms with E-state index in [2.05, 4.69) is 18.7 Å². The van der Waals surface area contributed by atoms with Gasteiger partial charge >= 0.3 is 5.97 Å². The zero-order valence-corrected chi connectivity index (χ0v) is 13.8. The summed E-state index contributed by atoms with van der Waals surface area (Å²) < 4.78 is 5.55. The van der Waals surface area contributed by atoms with Gasteiger partial charge in [0.15, 0.2) is 0 Å². The lowest BCUT2D eigenvalue weighted by Crippen LogP contribution is -2.47. The standard InChI is InChI=1S/C17H24ClNO2/c1-12-7-6-8-13(2)19(12)11-14(3)21-17(20)15-9-4-5-10-16(15)18/h4-5,9-10,12-14H,6-8,11H2,1-3H3/t12-,13+,14-/m1/s1. The van der Waals surface area contributed by atoms with Crippen LogP contribution in [0.2, 0.25) is 5.02 Å². The lowest BCUT2D eigenvalue weighted by atomic mass is 9.97. The minimum Gasteiger partial charge on any atom is -0.458 e. The van der Waals surface area contributed by atoms with Gasteiger partial charge in [-0.15, -0.1) is 0 Å². The molecule has 3 atom stereocenters. The van der Waals surface area contributed by atoms with E-state index < -0.39 is 0 Å². The average Bonchev–Trinajstić information content (AvgIpc) is 2.43. The number of benzene rings is 1. The third-order valence-electron chi connectivity index (χ3n) is 4.25. The number of carbonyl (C=O) groups is 1. The molecule has 0 amide bonds. The molecule has 1 aromatic carbocycles. The molecule has 1 fully saturated rings. The first-order chi connectivity index (χ1) is 9.99. The summed E-state index contributed by atoms with van der Waals surface area (Å²) in [5, 5.41) is 0.439. The van der Waals surface area contributed by atoms with Gasteiger partial charge in [0.25, 0.3) is 0 Å². The quantitative estimate of drug-likeness (QED) is 0.783. The van der Waals surface area contributed by atoms with Crippen LogP contribution < -0.4 is 0 Å². The van der Waals surface area contributed by atoms with Gasteiger partial charge in [-0.3, -0.25) is 4.90 Å². The number of esters is 1. The van der Waals surface area contributed by atoms with Crippen molar-refractivity contribution in [3.8, 4) is 0 Å². The Labute approximate surface area is 132 Å². The first-order valence-electron chi connectivity index (χ1n) is 7.70. The molecule has 2 rings (SSSR count). The van der Waals surface area contributed by atoms with Crippen molar-refractivity contribution in [1.82, 2.24) is 4.90 Å². The molecule has 1 saturated heterocycles. The van der Waals surface area contributed by atoms with E-state index in [0.717, 1.165) is 6.54 Å². The molecule has 0 aromatic heterocycles. The van der Waals surface area contributed by atoms with Crippen LogP contribution >= 0.6 is 11.6 Å². The smallest absolute Gasteiger partial charge is 0.339 e. The highest BCUT2D eigenvalue weighted by Gasteiger charge is 2.27. The Hall–Kier alpha value is -1.06. The molecule has 116 valence electrons. The van der Waals surface area contributed by atoms with Crippen LogP contribution in [0.4, 0.5) is 0 Å². The highest BCUT2D eigenvalue weighted by Crippen LogP contribution is 2.23. The number of ether oxygens (including phenoxy) is 1. The molecule has 3 nitrogen and oxygen atoms in total. The molecule has 0 unspecified atom stereocenters. The fourth-order valence-corrected chi connectivity index (χ4v) is 3.25. The summed E-state index contributed by atoms with van der Waals surface area (Å²) in [6.45, 7) is 7.22. The second-order valence-corrected chi connectivity index (χ2v) is 6.43. The van der Waals surface area contributed by atoms with Gasteiger partial charge in [0, 0.05) is 18.6 Å². The normalized spacial score (nSPS) is 24.6. The predicted octanol–water partition coefficient (Wildman–Crippen LogP) is 4.15. The number of likely N-dealkylation sites (tertiary alicyclic amines) is 1. The van der Waals surface area contributed by atoms with E-state index in [1.165, 1.54) is 19.3 Å². The van der Waals surface area contributed by atoms with Gasteiger partial charge in [-0.05, 0) is 45.7 Å². The minimum absolute atomic E-state index is 0.142. The summed E-state index contributed by atoms with van der Waals surface area (Å²) in [5.41, 5.74) is 0.436. The maximum atomic E-state index is 12.2. The van der Waals surface area contributed by atoms with Crippen LogP contribution in [0.5, 0.6) is 0 Å². The van der Waals surface area contributed by atoms with Gasteiger partial charge < -0.3 is 4.74 Å². The third kappa shape index (κ3) is 4.21. The monoisotopic (exact) mass is 309 g/mol. The van der Waals surface area contributed by atoms with E-state index in [1.54, 1.807) is 24.3 Å². The summed E-state index contributed by atoms with van der Waals surface area (Å²) in [5.74, 6) is -0.342. The predicted molar refractivity (Wildman–Crippen MR) is 85.8 cm³/mol. The van der Waals surface area contributed by atoms with Crippen molar-refractivity contribution >= 4 is 17.6 Å². The first kappa shape index (κ1) is 16.3. The average molecular weight is 310 g/mol. The number of nitrogens with zero attached hydrogens (tertiary/aromatic N) is 1. The Morgan fingerprint density at radius 2 is 1.95 bits per heavy atom. The Morgan fingerprint density at radius 3 is 2.57 bits per heavy atom. The van der Waals surface area contributed by atoms with Crippen LogP contribution in [0.1, 0.15) is 50.4 Å². The van der Waals surface area contributed by atoms with Gasteiger partial charge in [-0.25, -0.2) is 4.79 Å². The molecule has 0 radical (unpaired) electrons. The van der Waals surface area contributed by atoms with E-state index in [9.17, 15) is 4.79 Å². The Balaban J connectivity index is 1.93. The lowest BCUT2D eigenvalue weighted by Gasteiger charge is -2.40. The Morgan fingerprint density at radius 1 is 1.33 bits per heavy atom. The van der Waals surface area contributed by atoms with E-state index in [-0.39, 0.29) is 12.1 Å². The molecule has 0 spiro atoms. The van der Waals surface area contributed by atoms with Gasteiger partial charge in [0.1, 0.15) is 6.10 Å². The minimum atomic E-state index is -0.342. The second kappa shape index (κ2) is 7.28. The summed E-state index contributed by atoms with van der Waals surface area (Å²) in [6.07, 6.45) is 3.58. The first-order valence-corrected chi connectivity index (χ1v) is 8.08. The summed E-state index contributed by atoms with van der Waals surface area (Å²) in [6, 6.07) is 8.10. The maximum absolute atomic E-state index is 12.2. The molecule has 21 heavy (non-hydrogen) atoms. The van der Waals surface area contributed by atoms with Crippen molar-refractivity contribution in [3.05, 3.63) is 34.9 Å². The molecule has 0 aliphatic carbocycles. The van der Waals surface area contributed by atoms with Gasteiger partial charge in [0.05, 0.1) is 10.6 Å². The molecule has 1 heterocycles. The van der Waals surface area contributed by atoms with E-state index in [1.807, 2.05) is 6.92 Å². The van der Waals surface area contributed by atoms with Gasteiger partial charge in [-0.2, -0.15) is 0 Å². The van der Waals surface area contributed by atoms with Crippen LogP contribution in [0.15, 0.2) is 24.3 Å². The topological polar surface area (TPSA) is 29.5 Å². The maximum Gasteiger partial charge on any atom is 0.339 e. The molecule has 1 aliphatic heterocycles. The third-order valence-corrected chi connectivity index (χ3v) is 4.58. The van der Waals surface area contributed by atoms with Crippen LogP contribution in [-0.2, 0) is 4.74 Å². The van der Waals surface area contributed by atoms with Crippen molar-refractivity contribution < 1.29 is 9.53 Å². The van der Waals surface area contributed by atoms with Crippen molar-refractivity contribution in [2.75, 3.05) is 6.54 Å². The number of piperidine rings is 1. The summed E-state index contributed by atoms with van der Waals surface area (Å²) in [7, 11) is 0. The van der Waals surface area contributed by atoms with Crippen molar-refractivity contribution in [3.63, 3.8) is 0 Å². The van der Waals surface area contributed by atoms with Crippen LogP contribution in [0.3, 0.4) is 0 Å². The molecular weight excluding hydrogens is 286 g/mol. The van der Waals surface area contributed by atoms with Crippen molar-refractivity contribution in [2.45, 2.75) is 58.2 Å². The zero-order chi connectivity index (χ0) is 15.4. The molecule has 1 aromatic rings. The number of halogens is 1. The Bertz CT molecular complexity index is 481. The number of hydrogen-bond acceptors (Lipinski definition) is 3. The van der Waals surface area contributed by atoms with E-state index in [4.69, 9.17) is 16.3 Å². The number of carbonyl (C=O) groups excluding carboxylic acids is 1. The molecular formula is C17H24ClNO2. The second-order valence-electron chi connectivity index (χ2n) is 6.02. The summed E-state index contributed by atoms with van der Waals surface area (Å²) >= 11 is 6.03. The van der Waals surface area contributed by atoms with Crippen molar-refractivity contribution in [2.24, 2.45) is 0 Å². The van der Waals surface area contributed by atoms with Gasteiger partial charge in [0.2, 0.25) is 0 Å². The van der Waals surface area contributed by atoms with E-state index in [0.29, 0.717) is 22.7 Å². The van der Waals surface area contributed by atoms with Crippen LogP contribution in [0, 0.1) is 0 Å². The van der Waals surface area contributed by atoms with Gasteiger partial charge in [-0.1, -0.05) is 30.2 Å². The highest BCUT2D eigenvalue weighted by molar-refractivity contribution is 6.33. The Kier molecular flexibility index (Phi) is 5.65. The SMILES string of the molecule is C[C@H](CN1[C@H](C)CCC[C@@H]1C)OC(=O)c1ccccc1Cl. The van der Waals surface area contributed by atoms with Crippen LogP contribution in [0.25, 0.3) is 0 Å². The highest BCUT2D eigenvalue weighted by atomic mass is 35.5. The number of hydrogen-bond donors (Lipinski definition) is 0.